The molecule has 2 N–H and O–H groups in total. The van der Waals surface area contributed by atoms with Crippen LogP contribution in [0.2, 0.25) is 0 Å². The van der Waals surface area contributed by atoms with Crippen LogP contribution in [-0.4, -0.2) is 11.0 Å². The van der Waals surface area contributed by atoms with E-state index in [0.29, 0.717) is 11.5 Å². The second-order valence-electron chi connectivity index (χ2n) is 3.85. The number of anilines is 2. The van der Waals surface area contributed by atoms with Gasteiger partial charge in [0.2, 0.25) is 0 Å². The first kappa shape index (κ1) is 13.5. The number of hydrogen-bond acceptors (Lipinski definition) is 2. The summed E-state index contributed by atoms with van der Waals surface area (Å²) >= 11 is 3.33. The van der Waals surface area contributed by atoms with Crippen molar-refractivity contribution >= 4 is 33.5 Å². The molecular formula is C13H11BrFN3O. The zero-order valence-electron chi connectivity index (χ0n) is 10.1. The van der Waals surface area contributed by atoms with Gasteiger partial charge in [-0.05, 0) is 59.3 Å². The third-order valence-corrected chi connectivity index (χ3v) is 3.20. The fraction of sp³-hybridized carbons (Fsp3) is 0.0769. The Morgan fingerprint density at radius 3 is 2.47 bits per heavy atom. The van der Waals surface area contributed by atoms with E-state index in [0.717, 1.165) is 10.2 Å². The Labute approximate surface area is 118 Å². The van der Waals surface area contributed by atoms with Crippen LogP contribution in [-0.2, 0) is 0 Å². The molecule has 2 rings (SSSR count). The van der Waals surface area contributed by atoms with Crippen LogP contribution in [0.4, 0.5) is 20.7 Å². The van der Waals surface area contributed by atoms with Crippen LogP contribution in [0.5, 0.6) is 0 Å². The average molecular weight is 324 g/mol. The number of aryl methyl sites for hydroxylation is 1. The van der Waals surface area contributed by atoms with E-state index >= 15 is 0 Å². The first-order valence-corrected chi connectivity index (χ1v) is 6.30. The Hall–Kier alpha value is -1.95. The lowest BCUT2D eigenvalue weighted by atomic mass is 10.3. The van der Waals surface area contributed by atoms with Gasteiger partial charge in [-0.3, -0.25) is 5.32 Å². The molecule has 0 unspecified atom stereocenters. The van der Waals surface area contributed by atoms with Gasteiger partial charge in [-0.15, -0.1) is 0 Å². The summed E-state index contributed by atoms with van der Waals surface area (Å²) in [5.41, 5.74) is 1.28. The number of pyridine rings is 1. The lowest BCUT2D eigenvalue weighted by Gasteiger charge is -2.08. The van der Waals surface area contributed by atoms with Gasteiger partial charge in [-0.25, -0.2) is 14.2 Å². The maximum Gasteiger partial charge on any atom is 0.324 e. The topological polar surface area (TPSA) is 54.0 Å². The molecular weight excluding hydrogens is 313 g/mol. The molecule has 1 heterocycles. The van der Waals surface area contributed by atoms with Gasteiger partial charge in [0.1, 0.15) is 11.6 Å². The van der Waals surface area contributed by atoms with Crippen molar-refractivity contribution in [3.8, 4) is 0 Å². The molecule has 0 atom stereocenters. The maximum atomic E-state index is 12.7. The number of halogens is 2. The molecule has 0 aliphatic carbocycles. The average Bonchev–Trinajstić information content (AvgIpc) is 2.37. The third kappa shape index (κ3) is 3.75. The Morgan fingerprint density at radius 1 is 1.16 bits per heavy atom. The monoisotopic (exact) mass is 323 g/mol. The number of nitrogens with zero attached hydrogens (tertiary/aromatic N) is 1. The van der Waals surface area contributed by atoms with Gasteiger partial charge in [0.15, 0.2) is 0 Å². The predicted octanol–water partition coefficient (Wildman–Crippen LogP) is 3.94. The fourth-order valence-electron chi connectivity index (χ4n) is 1.43. The molecule has 4 nitrogen and oxygen atoms in total. The summed E-state index contributed by atoms with van der Waals surface area (Å²) < 4.78 is 13.6. The molecule has 2 amide bonds. The molecule has 1 aromatic heterocycles. The number of aromatic nitrogens is 1. The predicted molar refractivity (Wildman–Crippen MR) is 75.7 cm³/mol. The van der Waals surface area contributed by atoms with Crippen LogP contribution < -0.4 is 10.6 Å². The van der Waals surface area contributed by atoms with E-state index in [1.165, 1.54) is 24.3 Å². The molecule has 0 aliphatic rings. The highest BCUT2D eigenvalue weighted by atomic mass is 79.9. The highest BCUT2D eigenvalue weighted by Crippen LogP contribution is 2.16. The van der Waals surface area contributed by atoms with E-state index in [2.05, 4.69) is 31.5 Å². The zero-order valence-corrected chi connectivity index (χ0v) is 11.7. The molecule has 6 heteroatoms. The molecule has 0 spiro atoms. The number of urea groups is 1. The van der Waals surface area contributed by atoms with Gasteiger partial charge in [-0.2, -0.15) is 0 Å². The first-order chi connectivity index (χ1) is 9.04. The molecule has 1 aromatic carbocycles. The van der Waals surface area contributed by atoms with E-state index in [9.17, 15) is 9.18 Å². The van der Waals surface area contributed by atoms with E-state index in [1.807, 2.05) is 6.92 Å². The van der Waals surface area contributed by atoms with E-state index in [4.69, 9.17) is 0 Å². The molecule has 0 radical (unpaired) electrons. The summed E-state index contributed by atoms with van der Waals surface area (Å²) in [6, 6.07) is 8.57. The molecule has 19 heavy (non-hydrogen) atoms. The molecule has 0 bridgehead atoms. The highest BCUT2D eigenvalue weighted by Gasteiger charge is 2.05. The van der Waals surface area contributed by atoms with E-state index < -0.39 is 6.03 Å². The highest BCUT2D eigenvalue weighted by molar-refractivity contribution is 9.10. The minimum Gasteiger partial charge on any atom is -0.308 e. The number of benzene rings is 1. The summed E-state index contributed by atoms with van der Waals surface area (Å²) in [7, 11) is 0. The van der Waals surface area contributed by atoms with Crippen LogP contribution in [0.1, 0.15) is 5.69 Å². The van der Waals surface area contributed by atoms with E-state index in [-0.39, 0.29) is 5.82 Å². The lowest BCUT2D eigenvalue weighted by molar-refractivity contribution is 0.262. The lowest BCUT2D eigenvalue weighted by Crippen LogP contribution is -2.20. The van der Waals surface area contributed by atoms with Crippen LogP contribution in [0.15, 0.2) is 40.9 Å². The molecule has 0 fully saturated rings. The van der Waals surface area contributed by atoms with Crippen molar-refractivity contribution in [2.24, 2.45) is 0 Å². The maximum absolute atomic E-state index is 12.7. The quantitative estimate of drug-likeness (QED) is 0.879. The summed E-state index contributed by atoms with van der Waals surface area (Å²) in [5, 5.41) is 5.18. The number of carbonyl (C=O) groups is 1. The standard InChI is InChI=1S/C13H11BrFN3O/c1-8-11(14)6-7-12(16-8)18-13(19)17-10-4-2-9(15)3-5-10/h2-7H,1H3,(H2,16,17,18,19). The fourth-order valence-corrected chi connectivity index (χ4v) is 1.65. The second-order valence-corrected chi connectivity index (χ2v) is 4.70. The zero-order chi connectivity index (χ0) is 13.8. The van der Waals surface area contributed by atoms with Gasteiger partial charge in [0, 0.05) is 10.2 Å². The van der Waals surface area contributed by atoms with Crippen molar-refractivity contribution < 1.29 is 9.18 Å². The number of rotatable bonds is 2. The van der Waals surface area contributed by atoms with E-state index in [1.54, 1.807) is 12.1 Å². The summed E-state index contributed by atoms with van der Waals surface area (Å²) in [5.74, 6) is 0.0940. The van der Waals surface area contributed by atoms with Crippen molar-refractivity contribution in [3.05, 3.63) is 52.4 Å². The minimum absolute atomic E-state index is 0.351. The number of amides is 2. The Kier molecular flexibility index (Phi) is 4.11. The van der Waals surface area contributed by atoms with Crippen molar-refractivity contribution in [1.82, 2.24) is 4.98 Å². The summed E-state index contributed by atoms with van der Waals surface area (Å²) in [4.78, 5) is 15.9. The van der Waals surface area contributed by atoms with Crippen molar-refractivity contribution in [2.45, 2.75) is 6.92 Å². The third-order valence-electron chi connectivity index (χ3n) is 2.37. The largest absolute Gasteiger partial charge is 0.324 e. The number of nitrogens with one attached hydrogen (secondary N) is 2. The minimum atomic E-state index is -0.430. The molecule has 0 saturated carbocycles. The smallest absolute Gasteiger partial charge is 0.308 e. The Balaban J connectivity index is 2.01. The van der Waals surface area contributed by atoms with Gasteiger partial charge >= 0.3 is 6.03 Å². The van der Waals surface area contributed by atoms with Gasteiger partial charge in [0.25, 0.3) is 0 Å². The Bertz CT molecular complexity index is 601. The molecule has 2 aromatic rings. The molecule has 98 valence electrons. The Morgan fingerprint density at radius 2 is 1.84 bits per heavy atom. The van der Waals surface area contributed by atoms with Gasteiger partial charge in [0.05, 0.1) is 5.69 Å². The van der Waals surface area contributed by atoms with Crippen LogP contribution in [0, 0.1) is 12.7 Å². The SMILES string of the molecule is Cc1nc(NC(=O)Nc2ccc(F)cc2)ccc1Br. The summed E-state index contributed by atoms with van der Waals surface area (Å²) in [6.45, 7) is 1.83. The normalized spacial score (nSPS) is 10.1. The van der Waals surface area contributed by atoms with Gasteiger partial charge < -0.3 is 5.32 Å². The first-order valence-electron chi connectivity index (χ1n) is 5.51. The number of hydrogen-bond donors (Lipinski definition) is 2. The second kappa shape index (κ2) is 5.79. The van der Waals surface area contributed by atoms with Crippen molar-refractivity contribution in [2.75, 3.05) is 10.6 Å². The van der Waals surface area contributed by atoms with Crippen LogP contribution >= 0.6 is 15.9 Å². The van der Waals surface area contributed by atoms with Crippen LogP contribution in [0.3, 0.4) is 0 Å². The summed E-state index contributed by atoms with van der Waals surface area (Å²) in [6.07, 6.45) is 0. The van der Waals surface area contributed by atoms with Crippen molar-refractivity contribution in [3.63, 3.8) is 0 Å². The van der Waals surface area contributed by atoms with Gasteiger partial charge in [-0.1, -0.05) is 0 Å². The number of carbonyl (C=O) groups excluding carboxylic acids is 1. The molecule has 0 aliphatic heterocycles. The molecule has 0 saturated heterocycles. The van der Waals surface area contributed by atoms with Crippen LogP contribution in [0.25, 0.3) is 0 Å². The van der Waals surface area contributed by atoms with Crippen molar-refractivity contribution in [1.29, 1.82) is 0 Å².